The lowest BCUT2D eigenvalue weighted by Gasteiger charge is -2.30. The maximum Gasteiger partial charge on any atom is 0.214 e. The van der Waals surface area contributed by atoms with Crippen LogP contribution in [0.4, 0.5) is 0 Å². The maximum absolute atomic E-state index is 2.50. The van der Waals surface area contributed by atoms with Gasteiger partial charge in [0.25, 0.3) is 0 Å². The van der Waals surface area contributed by atoms with E-state index in [4.69, 9.17) is 0 Å². The minimum Gasteiger partial charge on any atom is -0.314 e. The molecule has 0 bridgehead atoms. The van der Waals surface area contributed by atoms with Crippen molar-refractivity contribution in [1.29, 1.82) is 0 Å². The summed E-state index contributed by atoms with van der Waals surface area (Å²) in [5.74, 6) is 0. The lowest BCUT2D eigenvalue weighted by Crippen LogP contribution is -2.48. The summed E-state index contributed by atoms with van der Waals surface area (Å²) in [6, 6.07) is 0. The molecule has 2 nitrogen and oxygen atoms in total. The van der Waals surface area contributed by atoms with E-state index >= 15 is 0 Å². The van der Waals surface area contributed by atoms with Gasteiger partial charge in [0.15, 0.2) is 0 Å². The first-order valence-electron chi connectivity index (χ1n) is 5.74. The molecule has 0 aromatic heterocycles. The van der Waals surface area contributed by atoms with E-state index in [0.29, 0.717) is 0 Å². The van der Waals surface area contributed by atoms with Gasteiger partial charge in [0.1, 0.15) is 0 Å². The molecule has 0 atom stereocenters. The number of allylic oxidation sites excluding steroid dienone is 1. The Morgan fingerprint density at radius 2 is 1.50 bits per heavy atom. The molecule has 0 saturated carbocycles. The summed E-state index contributed by atoms with van der Waals surface area (Å²) in [4.78, 5) is 0. The van der Waals surface area contributed by atoms with Gasteiger partial charge in [-0.15, -0.1) is 0 Å². The van der Waals surface area contributed by atoms with Crippen LogP contribution < -0.4 is 0 Å². The zero-order chi connectivity index (χ0) is 11.0. The minimum absolute atomic E-state index is 0.968. The maximum atomic E-state index is 2.50. The average Bonchev–Trinajstić information content (AvgIpc) is 2.22. The molecule has 84 valence electrons. The highest BCUT2D eigenvalue weighted by atomic mass is 28.3. The third-order valence-electron chi connectivity index (χ3n) is 2.66. The highest BCUT2D eigenvalue weighted by molar-refractivity contribution is 6.58. The third kappa shape index (κ3) is 4.93. The van der Waals surface area contributed by atoms with Gasteiger partial charge in [0.2, 0.25) is 9.12 Å². The van der Waals surface area contributed by atoms with Crippen LogP contribution in [0, 0.1) is 0 Å². The van der Waals surface area contributed by atoms with E-state index in [1.165, 1.54) is 12.8 Å². The van der Waals surface area contributed by atoms with Crippen LogP contribution in [0.3, 0.4) is 0 Å². The summed E-state index contributed by atoms with van der Waals surface area (Å²) >= 11 is 0. The lowest BCUT2D eigenvalue weighted by atomic mass is 10.3. The molecule has 0 heterocycles. The first-order chi connectivity index (χ1) is 6.67. The summed E-state index contributed by atoms with van der Waals surface area (Å²) in [5.41, 5.74) is 2.45. The van der Waals surface area contributed by atoms with Crippen molar-refractivity contribution in [1.82, 2.24) is 9.13 Å². The zero-order valence-corrected chi connectivity index (χ0v) is 11.6. The average molecular weight is 214 g/mol. The van der Waals surface area contributed by atoms with E-state index in [9.17, 15) is 0 Å². The molecule has 0 aromatic rings. The molecule has 0 aliphatic heterocycles. The van der Waals surface area contributed by atoms with Crippen molar-refractivity contribution in [2.75, 3.05) is 27.2 Å². The Balaban J connectivity index is 4.23. The zero-order valence-electron chi connectivity index (χ0n) is 10.5. The van der Waals surface area contributed by atoms with Crippen molar-refractivity contribution in [3.63, 3.8) is 0 Å². The number of unbranched alkanes of at least 4 members (excludes halogenated alkanes) is 1. The largest absolute Gasteiger partial charge is 0.314 e. The van der Waals surface area contributed by atoms with E-state index in [0.717, 1.165) is 13.1 Å². The SMILES string of the molecule is CCCC=C[SiH](N(C)CC)N(C)CC. The van der Waals surface area contributed by atoms with Gasteiger partial charge in [-0.1, -0.05) is 39.0 Å². The smallest absolute Gasteiger partial charge is 0.214 e. The highest BCUT2D eigenvalue weighted by Crippen LogP contribution is 2.00. The van der Waals surface area contributed by atoms with E-state index in [-0.39, 0.29) is 0 Å². The van der Waals surface area contributed by atoms with Crippen molar-refractivity contribution >= 4 is 9.12 Å². The molecule has 0 saturated heterocycles. The molecule has 0 spiro atoms. The second kappa shape index (κ2) is 8.21. The third-order valence-corrected chi connectivity index (χ3v) is 5.82. The molecule has 0 aliphatic rings. The molecule has 3 heteroatoms. The number of hydrogen-bond acceptors (Lipinski definition) is 2. The first-order valence-corrected chi connectivity index (χ1v) is 7.44. The van der Waals surface area contributed by atoms with Gasteiger partial charge in [0.05, 0.1) is 0 Å². The Morgan fingerprint density at radius 1 is 1.00 bits per heavy atom. The van der Waals surface area contributed by atoms with E-state index in [1.807, 2.05) is 0 Å². The van der Waals surface area contributed by atoms with Crippen molar-refractivity contribution < 1.29 is 0 Å². The number of rotatable bonds is 7. The van der Waals surface area contributed by atoms with Crippen LogP contribution in [0.15, 0.2) is 11.8 Å². The summed E-state index contributed by atoms with van der Waals surface area (Å²) in [6.07, 6.45) is 4.83. The van der Waals surface area contributed by atoms with Gasteiger partial charge in [-0.25, -0.2) is 0 Å². The molecular weight excluding hydrogens is 188 g/mol. The van der Waals surface area contributed by atoms with Crippen LogP contribution in [0.2, 0.25) is 0 Å². The van der Waals surface area contributed by atoms with Gasteiger partial charge in [0, 0.05) is 0 Å². The Bertz CT molecular complexity index is 149. The fourth-order valence-corrected chi connectivity index (χ4v) is 3.83. The van der Waals surface area contributed by atoms with Crippen LogP contribution in [-0.2, 0) is 0 Å². The molecule has 0 unspecified atom stereocenters. The van der Waals surface area contributed by atoms with Gasteiger partial charge >= 0.3 is 0 Å². The van der Waals surface area contributed by atoms with Gasteiger partial charge in [-0.05, 0) is 33.6 Å². The molecule has 14 heavy (non-hydrogen) atoms. The summed E-state index contributed by atoms with van der Waals surface area (Å²) in [5, 5.41) is 0. The Kier molecular flexibility index (Phi) is 8.13. The Hall–Kier alpha value is -0.123. The van der Waals surface area contributed by atoms with Crippen molar-refractivity contribution in [3.05, 3.63) is 11.8 Å². The van der Waals surface area contributed by atoms with Crippen LogP contribution in [-0.4, -0.2) is 45.4 Å². The summed E-state index contributed by atoms with van der Waals surface area (Å²) in [7, 11) is 3.50. The molecule has 0 amide bonds. The molecular formula is C11H26N2Si. The van der Waals surface area contributed by atoms with Crippen LogP contribution in [0.25, 0.3) is 0 Å². The molecule has 0 aliphatic carbocycles. The Labute approximate surface area is 91.4 Å². The monoisotopic (exact) mass is 214 g/mol. The van der Waals surface area contributed by atoms with Crippen molar-refractivity contribution in [3.8, 4) is 0 Å². The predicted molar refractivity (Wildman–Crippen MR) is 67.8 cm³/mol. The van der Waals surface area contributed by atoms with Gasteiger partial charge in [-0.2, -0.15) is 0 Å². The standard InChI is InChI=1S/C11H26N2Si/c1-6-9-10-11-14(12(4)7-2)13(5)8-3/h10-11,14H,6-9H2,1-5H3. The number of nitrogens with zero attached hydrogens (tertiary/aromatic N) is 2. The Morgan fingerprint density at radius 3 is 1.86 bits per heavy atom. The summed E-state index contributed by atoms with van der Waals surface area (Å²) in [6.45, 7) is 9.00. The molecule has 0 fully saturated rings. The highest BCUT2D eigenvalue weighted by Gasteiger charge is 2.16. The number of hydrogen-bond donors (Lipinski definition) is 0. The second-order valence-corrected chi connectivity index (χ2v) is 6.75. The molecule has 0 radical (unpaired) electrons. The molecule has 0 rings (SSSR count). The van der Waals surface area contributed by atoms with Gasteiger partial charge < -0.3 is 9.13 Å². The van der Waals surface area contributed by atoms with Crippen LogP contribution >= 0.6 is 0 Å². The molecule has 0 N–H and O–H groups in total. The van der Waals surface area contributed by atoms with Crippen molar-refractivity contribution in [2.45, 2.75) is 33.6 Å². The first kappa shape index (κ1) is 13.9. The quantitative estimate of drug-likeness (QED) is 0.598. The molecule has 0 aromatic carbocycles. The van der Waals surface area contributed by atoms with Gasteiger partial charge in [-0.3, -0.25) is 0 Å². The van der Waals surface area contributed by atoms with E-state index < -0.39 is 9.12 Å². The minimum atomic E-state index is -0.968. The normalized spacial score (nSPS) is 12.6. The fourth-order valence-electron chi connectivity index (χ4n) is 1.39. The predicted octanol–water partition coefficient (Wildman–Crippen LogP) is 2.01. The lowest BCUT2D eigenvalue weighted by molar-refractivity contribution is 0.451. The van der Waals surface area contributed by atoms with Crippen molar-refractivity contribution in [2.24, 2.45) is 0 Å². The van der Waals surface area contributed by atoms with E-state index in [1.54, 1.807) is 0 Å². The second-order valence-electron chi connectivity index (χ2n) is 3.78. The fraction of sp³-hybridized carbons (Fsp3) is 0.818. The van der Waals surface area contributed by atoms with E-state index in [2.05, 4.69) is 55.8 Å². The topological polar surface area (TPSA) is 6.48 Å². The van der Waals surface area contributed by atoms with Crippen LogP contribution in [0.1, 0.15) is 33.6 Å². The van der Waals surface area contributed by atoms with Crippen LogP contribution in [0.5, 0.6) is 0 Å². The summed E-state index contributed by atoms with van der Waals surface area (Å²) < 4.78 is 4.99.